The Bertz CT molecular complexity index is 595. The Hall–Kier alpha value is -2.08. The molecule has 0 saturated carbocycles. The van der Waals surface area contributed by atoms with E-state index in [-0.39, 0.29) is 11.3 Å². The number of hydrogen-bond acceptors (Lipinski definition) is 5. The number of aromatic nitrogens is 1. The third kappa shape index (κ3) is 3.23. The van der Waals surface area contributed by atoms with Gasteiger partial charge in [0.15, 0.2) is 0 Å². The smallest absolute Gasteiger partial charge is 0.337 e. The van der Waals surface area contributed by atoms with E-state index < -0.39 is 5.97 Å². The summed E-state index contributed by atoms with van der Waals surface area (Å²) in [5, 5.41) is 8.86. The molecule has 6 heteroatoms. The van der Waals surface area contributed by atoms with Gasteiger partial charge in [-0.25, -0.2) is 9.78 Å². The molecule has 2 aromatic rings. The fourth-order valence-electron chi connectivity index (χ4n) is 1.65. The molecule has 0 bridgehead atoms. The molecule has 1 aromatic carbocycles. The van der Waals surface area contributed by atoms with Crippen LogP contribution in [0.15, 0.2) is 23.7 Å². The fourth-order valence-corrected chi connectivity index (χ4v) is 2.42. The SMILES string of the molecule is Cc1ncsc1CCOc1ccc(C(=O)O)c(N)c1. The highest BCUT2D eigenvalue weighted by Gasteiger charge is 2.08. The van der Waals surface area contributed by atoms with E-state index >= 15 is 0 Å². The topological polar surface area (TPSA) is 85.4 Å². The first-order chi connectivity index (χ1) is 9.08. The van der Waals surface area contributed by atoms with E-state index in [2.05, 4.69) is 4.98 Å². The number of carbonyl (C=O) groups is 1. The maximum Gasteiger partial charge on any atom is 0.337 e. The van der Waals surface area contributed by atoms with Crippen LogP contribution in [0.5, 0.6) is 5.75 Å². The average molecular weight is 278 g/mol. The monoisotopic (exact) mass is 278 g/mol. The van der Waals surface area contributed by atoms with Crippen molar-refractivity contribution in [1.82, 2.24) is 4.98 Å². The maximum absolute atomic E-state index is 10.8. The lowest BCUT2D eigenvalue weighted by Crippen LogP contribution is -2.05. The summed E-state index contributed by atoms with van der Waals surface area (Å²) in [5.74, 6) is -0.464. The van der Waals surface area contributed by atoms with Crippen LogP contribution in [0.4, 0.5) is 5.69 Å². The van der Waals surface area contributed by atoms with Crippen LogP contribution in [0.25, 0.3) is 0 Å². The summed E-state index contributed by atoms with van der Waals surface area (Å²) < 4.78 is 5.56. The summed E-state index contributed by atoms with van der Waals surface area (Å²) in [5.41, 5.74) is 8.77. The molecule has 2 rings (SSSR count). The Balaban J connectivity index is 1.95. The third-order valence-electron chi connectivity index (χ3n) is 2.70. The van der Waals surface area contributed by atoms with Crippen LogP contribution in [0, 0.1) is 6.92 Å². The van der Waals surface area contributed by atoms with E-state index in [4.69, 9.17) is 15.6 Å². The van der Waals surface area contributed by atoms with Crippen LogP contribution in [0.3, 0.4) is 0 Å². The summed E-state index contributed by atoms with van der Waals surface area (Å²) in [7, 11) is 0. The summed E-state index contributed by atoms with van der Waals surface area (Å²) in [6, 6.07) is 4.59. The Morgan fingerprint density at radius 1 is 1.53 bits per heavy atom. The highest BCUT2D eigenvalue weighted by molar-refractivity contribution is 7.09. The summed E-state index contributed by atoms with van der Waals surface area (Å²) in [6.45, 7) is 2.47. The number of nitrogens with two attached hydrogens (primary N) is 1. The van der Waals surface area contributed by atoms with Gasteiger partial charge in [0.1, 0.15) is 5.75 Å². The summed E-state index contributed by atoms with van der Waals surface area (Å²) in [4.78, 5) is 16.2. The first-order valence-electron chi connectivity index (χ1n) is 5.72. The van der Waals surface area contributed by atoms with Crippen LogP contribution in [0.1, 0.15) is 20.9 Å². The van der Waals surface area contributed by atoms with Gasteiger partial charge in [-0.1, -0.05) is 0 Å². The number of rotatable bonds is 5. The number of nitrogen functional groups attached to an aromatic ring is 1. The quantitative estimate of drug-likeness (QED) is 0.820. The molecular weight excluding hydrogens is 264 g/mol. The van der Waals surface area contributed by atoms with E-state index in [9.17, 15) is 4.79 Å². The molecule has 0 amide bonds. The predicted molar refractivity (Wildman–Crippen MR) is 73.9 cm³/mol. The zero-order chi connectivity index (χ0) is 13.8. The molecule has 0 fully saturated rings. The lowest BCUT2D eigenvalue weighted by atomic mass is 10.2. The second kappa shape index (κ2) is 5.71. The number of aromatic carboxylic acids is 1. The Kier molecular flexibility index (Phi) is 4.01. The second-order valence-electron chi connectivity index (χ2n) is 4.01. The van der Waals surface area contributed by atoms with Gasteiger partial charge in [-0.2, -0.15) is 0 Å². The van der Waals surface area contributed by atoms with Crippen LogP contribution in [-0.2, 0) is 6.42 Å². The van der Waals surface area contributed by atoms with Crippen LogP contribution in [-0.4, -0.2) is 22.7 Å². The normalized spacial score (nSPS) is 10.4. The molecule has 5 nitrogen and oxygen atoms in total. The minimum atomic E-state index is -1.04. The van der Waals surface area contributed by atoms with Crippen molar-refractivity contribution in [1.29, 1.82) is 0 Å². The number of benzene rings is 1. The lowest BCUT2D eigenvalue weighted by molar-refractivity contribution is 0.0698. The van der Waals surface area contributed by atoms with Gasteiger partial charge >= 0.3 is 5.97 Å². The molecule has 0 saturated heterocycles. The lowest BCUT2D eigenvalue weighted by Gasteiger charge is -2.07. The molecule has 0 spiro atoms. The van der Waals surface area contributed by atoms with E-state index in [1.165, 1.54) is 17.0 Å². The van der Waals surface area contributed by atoms with Crippen LogP contribution in [0.2, 0.25) is 0 Å². The van der Waals surface area contributed by atoms with Gasteiger partial charge in [0.2, 0.25) is 0 Å². The number of ether oxygens (including phenoxy) is 1. The van der Waals surface area contributed by atoms with E-state index in [0.29, 0.717) is 12.4 Å². The molecule has 19 heavy (non-hydrogen) atoms. The minimum absolute atomic E-state index is 0.0886. The molecule has 0 aliphatic carbocycles. The molecule has 0 aliphatic rings. The first-order valence-corrected chi connectivity index (χ1v) is 6.60. The molecule has 0 unspecified atom stereocenters. The number of anilines is 1. The second-order valence-corrected chi connectivity index (χ2v) is 4.95. The Morgan fingerprint density at radius 2 is 2.32 bits per heavy atom. The highest BCUT2D eigenvalue weighted by Crippen LogP contribution is 2.20. The van der Waals surface area contributed by atoms with Gasteiger partial charge in [-0.15, -0.1) is 11.3 Å². The average Bonchev–Trinajstić information content (AvgIpc) is 2.75. The number of hydrogen-bond donors (Lipinski definition) is 2. The maximum atomic E-state index is 10.8. The van der Waals surface area contributed by atoms with E-state index in [1.807, 2.05) is 12.4 Å². The van der Waals surface area contributed by atoms with Crippen molar-refractivity contribution in [2.45, 2.75) is 13.3 Å². The standard InChI is InChI=1S/C13H14N2O3S/c1-8-12(19-7-15-8)4-5-18-9-2-3-10(13(16)17)11(14)6-9/h2-3,6-7H,4-5,14H2,1H3,(H,16,17). The summed E-state index contributed by atoms with van der Waals surface area (Å²) >= 11 is 1.60. The molecule has 3 N–H and O–H groups in total. The third-order valence-corrected chi connectivity index (χ3v) is 3.69. The number of carboxylic acids is 1. The van der Waals surface area contributed by atoms with Crippen LogP contribution >= 0.6 is 11.3 Å². The van der Waals surface area contributed by atoms with E-state index in [1.54, 1.807) is 17.4 Å². The van der Waals surface area contributed by atoms with Crippen molar-refractivity contribution >= 4 is 23.0 Å². The largest absolute Gasteiger partial charge is 0.493 e. The van der Waals surface area contributed by atoms with Crippen molar-refractivity contribution in [3.05, 3.63) is 39.8 Å². The van der Waals surface area contributed by atoms with Gasteiger partial charge in [-0.05, 0) is 19.1 Å². The number of carboxylic acid groups (broad SMARTS) is 1. The van der Waals surface area contributed by atoms with Crippen LogP contribution < -0.4 is 10.5 Å². The Labute approximate surface area is 114 Å². The number of thiazole rings is 1. The highest BCUT2D eigenvalue weighted by atomic mass is 32.1. The predicted octanol–water partition coefficient (Wildman–Crippen LogP) is 2.35. The number of aryl methyl sites for hydroxylation is 1. The molecule has 1 aromatic heterocycles. The van der Waals surface area contributed by atoms with Gasteiger partial charge in [-0.3, -0.25) is 0 Å². The van der Waals surface area contributed by atoms with Crippen molar-refractivity contribution < 1.29 is 14.6 Å². The van der Waals surface area contributed by atoms with Crippen molar-refractivity contribution in [3.8, 4) is 5.75 Å². The zero-order valence-electron chi connectivity index (χ0n) is 10.4. The molecular formula is C13H14N2O3S. The molecule has 100 valence electrons. The molecule has 0 aliphatic heterocycles. The van der Waals surface area contributed by atoms with Gasteiger partial charge < -0.3 is 15.6 Å². The van der Waals surface area contributed by atoms with Crippen molar-refractivity contribution in [3.63, 3.8) is 0 Å². The number of nitrogens with zero attached hydrogens (tertiary/aromatic N) is 1. The Morgan fingerprint density at radius 3 is 2.89 bits per heavy atom. The van der Waals surface area contributed by atoms with E-state index in [0.717, 1.165) is 12.1 Å². The van der Waals surface area contributed by atoms with Crippen molar-refractivity contribution in [2.24, 2.45) is 0 Å². The van der Waals surface area contributed by atoms with Gasteiger partial charge in [0.05, 0.1) is 23.4 Å². The molecule has 0 atom stereocenters. The molecule has 1 heterocycles. The van der Waals surface area contributed by atoms with Crippen molar-refractivity contribution in [2.75, 3.05) is 12.3 Å². The first kappa shape index (κ1) is 13.4. The van der Waals surface area contributed by atoms with Gasteiger partial charge in [0.25, 0.3) is 0 Å². The van der Waals surface area contributed by atoms with Gasteiger partial charge in [0, 0.05) is 23.1 Å². The minimum Gasteiger partial charge on any atom is -0.493 e. The molecule has 0 radical (unpaired) electrons. The zero-order valence-corrected chi connectivity index (χ0v) is 11.2. The summed E-state index contributed by atoms with van der Waals surface area (Å²) in [6.07, 6.45) is 0.775. The fraction of sp³-hybridized carbons (Fsp3) is 0.231.